The minimum absolute atomic E-state index is 0.469. The summed E-state index contributed by atoms with van der Waals surface area (Å²) in [4.78, 5) is 16.0. The zero-order chi connectivity index (χ0) is 40.1. The van der Waals surface area contributed by atoms with Crippen molar-refractivity contribution in [3.63, 3.8) is 0 Å². The van der Waals surface area contributed by atoms with Crippen LogP contribution >= 0.6 is 0 Å². The first-order valence-electron chi connectivity index (χ1n) is 20.9. The largest absolute Gasteiger partial charge is 0.208 e. The molecule has 0 atom stereocenters. The van der Waals surface area contributed by atoms with Crippen LogP contribution in [-0.4, -0.2) is 15.0 Å². The quantitative estimate of drug-likeness (QED) is 0.179. The Morgan fingerprint density at radius 3 is 1.25 bits per heavy atom. The molecule has 0 unspecified atom stereocenters. The molecule has 61 heavy (non-hydrogen) atoms. The molecule has 0 fully saturated rings. The van der Waals surface area contributed by atoms with E-state index >= 15 is 0 Å². The van der Waals surface area contributed by atoms with Crippen molar-refractivity contribution >= 4 is 32.3 Å². The molecule has 0 saturated heterocycles. The summed E-state index contributed by atoms with van der Waals surface area (Å²) < 4.78 is 0. The van der Waals surface area contributed by atoms with Crippen molar-refractivity contribution in [2.24, 2.45) is 0 Å². The van der Waals surface area contributed by atoms with Gasteiger partial charge in [-0.25, -0.2) is 15.0 Å². The molecule has 0 saturated carbocycles. The van der Waals surface area contributed by atoms with Crippen molar-refractivity contribution in [3.8, 4) is 67.5 Å². The van der Waals surface area contributed by atoms with Gasteiger partial charge in [0, 0.05) is 16.7 Å². The maximum absolute atomic E-state index is 5.36. The minimum Gasteiger partial charge on any atom is -0.208 e. The smallest absolute Gasteiger partial charge is 0.164 e. The lowest BCUT2D eigenvalue weighted by Gasteiger charge is -2.30. The monoisotopic (exact) mass is 773 g/mol. The number of rotatable bonds is 4. The maximum Gasteiger partial charge on any atom is 0.164 e. The number of aromatic nitrogens is 3. The summed E-state index contributed by atoms with van der Waals surface area (Å²) in [5, 5.41) is 7.04. The maximum atomic E-state index is 5.36. The average Bonchev–Trinajstić information content (AvgIpc) is 3.80. The van der Waals surface area contributed by atoms with Gasteiger partial charge in [-0.3, -0.25) is 0 Å². The van der Waals surface area contributed by atoms with Crippen molar-refractivity contribution < 1.29 is 0 Å². The fourth-order valence-corrected chi connectivity index (χ4v) is 10.5. The molecule has 0 N–H and O–H groups in total. The first-order valence-corrected chi connectivity index (χ1v) is 20.9. The second kappa shape index (κ2) is 13.0. The summed E-state index contributed by atoms with van der Waals surface area (Å²) in [5.74, 6) is 1.93. The third-order valence-electron chi connectivity index (χ3n) is 13.1. The molecular weight excluding hydrogens is 739 g/mol. The Morgan fingerprint density at radius 2 is 0.639 bits per heavy atom. The van der Waals surface area contributed by atoms with Crippen molar-refractivity contribution in [3.05, 3.63) is 235 Å². The molecule has 0 bridgehead atoms. The molecule has 2 aliphatic carbocycles. The van der Waals surface area contributed by atoms with E-state index in [1.54, 1.807) is 0 Å². The van der Waals surface area contributed by atoms with Gasteiger partial charge < -0.3 is 0 Å². The van der Waals surface area contributed by atoms with Gasteiger partial charge in [-0.05, 0) is 100 Å². The van der Waals surface area contributed by atoms with Gasteiger partial charge >= 0.3 is 0 Å². The van der Waals surface area contributed by atoms with Crippen molar-refractivity contribution in [2.75, 3.05) is 0 Å². The molecule has 10 aromatic carbocycles. The van der Waals surface area contributed by atoms with E-state index < -0.39 is 5.41 Å². The van der Waals surface area contributed by atoms with E-state index in [1.165, 1.54) is 71.8 Å². The van der Waals surface area contributed by atoms with E-state index in [0.29, 0.717) is 17.5 Å². The highest BCUT2D eigenvalue weighted by atomic mass is 15.0. The molecule has 282 valence electrons. The van der Waals surface area contributed by atoms with Gasteiger partial charge in [-0.15, -0.1) is 0 Å². The molecule has 1 aromatic heterocycles. The number of hydrogen-bond donors (Lipinski definition) is 0. The molecule has 2 aliphatic rings. The second-order valence-corrected chi connectivity index (χ2v) is 16.2. The molecule has 1 heterocycles. The van der Waals surface area contributed by atoms with Gasteiger partial charge in [-0.1, -0.05) is 200 Å². The minimum atomic E-state index is -0.469. The Balaban J connectivity index is 1.03. The van der Waals surface area contributed by atoms with Crippen LogP contribution in [0.3, 0.4) is 0 Å². The Morgan fingerprint density at radius 1 is 0.246 bits per heavy atom. The highest BCUT2D eigenvalue weighted by Gasteiger charge is 2.51. The lowest BCUT2D eigenvalue weighted by atomic mass is 9.70. The molecular formula is C58H35N3. The van der Waals surface area contributed by atoms with Crippen molar-refractivity contribution in [1.82, 2.24) is 15.0 Å². The van der Waals surface area contributed by atoms with E-state index in [1.807, 2.05) is 0 Å². The zero-order valence-electron chi connectivity index (χ0n) is 33.0. The SMILES string of the molecule is c1ccc2c(c1)-c1ccccc1C21c2ccccc2-c2ccc(-c3nc(-c4ccc5c(-c6cccc7ccccc67)cccc5c4)nc(-c4cccc5ccccc45)n3)cc21. The number of fused-ring (bicyclic) bond motifs is 13. The number of hydrogen-bond acceptors (Lipinski definition) is 3. The van der Waals surface area contributed by atoms with Crippen LogP contribution in [0.15, 0.2) is 212 Å². The second-order valence-electron chi connectivity index (χ2n) is 16.2. The van der Waals surface area contributed by atoms with Crippen LogP contribution in [0.5, 0.6) is 0 Å². The molecule has 3 nitrogen and oxygen atoms in total. The first-order chi connectivity index (χ1) is 30.2. The molecule has 0 amide bonds. The molecule has 11 aromatic rings. The van der Waals surface area contributed by atoms with Crippen LogP contribution in [0, 0.1) is 0 Å². The van der Waals surface area contributed by atoms with Crippen molar-refractivity contribution in [2.45, 2.75) is 5.41 Å². The summed E-state index contributed by atoms with van der Waals surface area (Å²) in [6.45, 7) is 0. The highest BCUT2D eigenvalue weighted by molar-refractivity contribution is 6.06. The third kappa shape index (κ3) is 4.89. The van der Waals surface area contributed by atoms with Gasteiger partial charge in [0.25, 0.3) is 0 Å². The summed E-state index contributed by atoms with van der Waals surface area (Å²) in [5.41, 5.74) is 15.1. The van der Waals surface area contributed by atoms with Gasteiger partial charge in [0.15, 0.2) is 17.5 Å². The van der Waals surface area contributed by atoms with Gasteiger partial charge in [0.2, 0.25) is 0 Å². The first kappa shape index (κ1) is 33.9. The summed E-state index contributed by atoms with van der Waals surface area (Å²) >= 11 is 0. The van der Waals surface area contributed by atoms with E-state index in [4.69, 9.17) is 15.0 Å². The predicted molar refractivity (Wildman–Crippen MR) is 250 cm³/mol. The third-order valence-corrected chi connectivity index (χ3v) is 13.1. The topological polar surface area (TPSA) is 38.7 Å². The van der Waals surface area contributed by atoms with E-state index in [0.717, 1.165) is 32.8 Å². The summed E-state index contributed by atoms with van der Waals surface area (Å²) in [6.07, 6.45) is 0. The summed E-state index contributed by atoms with van der Waals surface area (Å²) in [7, 11) is 0. The normalized spacial score (nSPS) is 13.0. The van der Waals surface area contributed by atoms with Crippen LogP contribution in [0.4, 0.5) is 0 Å². The Labute approximate surface area is 353 Å². The number of benzene rings is 10. The Bertz CT molecular complexity index is 3550. The van der Waals surface area contributed by atoms with E-state index in [-0.39, 0.29) is 0 Å². The van der Waals surface area contributed by atoms with Gasteiger partial charge in [0.1, 0.15) is 0 Å². The summed E-state index contributed by atoms with van der Waals surface area (Å²) in [6, 6.07) is 76.8. The molecule has 1 spiro atoms. The standard InChI is InChI=1S/C58H35N3/c1-3-19-41-36(14-1)16-11-24-44(41)45-25-13-18-38-34-39(30-32-43(38)45)55-59-56(61-57(60-55)50-26-12-17-37-15-2-4-20-42(37)50)40-31-33-49-48-23-7-10-29-53(48)58(54(49)35-40)51-27-8-5-21-46(51)47-22-6-9-28-52(47)58/h1-35H. The van der Waals surface area contributed by atoms with E-state index in [9.17, 15) is 0 Å². The molecule has 0 aliphatic heterocycles. The predicted octanol–water partition coefficient (Wildman–Crippen LogP) is 14.3. The average molecular weight is 774 g/mol. The number of nitrogens with zero attached hydrogens (tertiary/aromatic N) is 3. The van der Waals surface area contributed by atoms with Crippen LogP contribution in [0.1, 0.15) is 22.3 Å². The Hall–Kier alpha value is -8.01. The Kier molecular flexibility index (Phi) is 7.22. The fourth-order valence-electron chi connectivity index (χ4n) is 10.5. The molecule has 3 heteroatoms. The van der Waals surface area contributed by atoms with E-state index in [2.05, 4.69) is 212 Å². The fraction of sp³-hybridized carbons (Fsp3) is 0.0172. The van der Waals surface area contributed by atoms with Gasteiger partial charge in [0.05, 0.1) is 5.41 Å². The van der Waals surface area contributed by atoms with Crippen LogP contribution in [0.25, 0.3) is 99.9 Å². The van der Waals surface area contributed by atoms with Crippen LogP contribution < -0.4 is 0 Å². The van der Waals surface area contributed by atoms with Crippen LogP contribution in [0.2, 0.25) is 0 Å². The molecule has 13 rings (SSSR count). The van der Waals surface area contributed by atoms with Crippen molar-refractivity contribution in [1.29, 1.82) is 0 Å². The van der Waals surface area contributed by atoms with Gasteiger partial charge in [-0.2, -0.15) is 0 Å². The van der Waals surface area contributed by atoms with Crippen LogP contribution in [-0.2, 0) is 5.41 Å². The highest BCUT2D eigenvalue weighted by Crippen LogP contribution is 2.63. The zero-order valence-corrected chi connectivity index (χ0v) is 33.0. The lowest BCUT2D eigenvalue weighted by molar-refractivity contribution is 0.794. The lowest BCUT2D eigenvalue weighted by Crippen LogP contribution is -2.25. The molecule has 0 radical (unpaired) electrons.